The molecule has 16 heavy (non-hydrogen) atoms. The minimum absolute atomic E-state index is 0.141. The van der Waals surface area contributed by atoms with Gasteiger partial charge in [-0.15, -0.1) is 13.2 Å². The molecule has 0 aliphatic heterocycles. The highest BCUT2D eigenvalue weighted by atomic mass is 35.5. The van der Waals surface area contributed by atoms with Gasteiger partial charge in [0.2, 0.25) is 0 Å². The fourth-order valence-electron chi connectivity index (χ4n) is 1.07. The number of nitrogens with one attached hydrogen (secondary N) is 1. The number of ether oxygens (including phenoxy) is 1. The highest BCUT2D eigenvalue weighted by Gasteiger charge is 2.28. The van der Waals surface area contributed by atoms with Crippen LogP contribution < -0.4 is 5.32 Å². The summed E-state index contributed by atoms with van der Waals surface area (Å²) in [6.07, 6.45) is -4.55. The first kappa shape index (κ1) is 13.3. The maximum absolute atomic E-state index is 11.6. The highest BCUT2D eigenvalue weighted by molar-refractivity contribution is 6.30. The molecule has 0 aliphatic rings. The highest BCUT2D eigenvalue weighted by Crippen LogP contribution is 2.15. The van der Waals surface area contributed by atoms with Crippen molar-refractivity contribution in [2.75, 3.05) is 13.2 Å². The number of hydrogen-bond donors (Lipinski definition) is 1. The van der Waals surface area contributed by atoms with Crippen molar-refractivity contribution in [2.24, 2.45) is 0 Å². The van der Waals surface area contributed by atoms with Crippen molar-refractivity contribution in [1.82, 2.24) is 5.32 Å². The molecule has 0 aromatic heterocycles. The van der Waals surface area contributed by atoms with E-state index in [9.17, 15) is 13.2 Å². The first-order valence-corrected chi connectivity index (χ1v) is 5.01. The maximum atomic E-state index is 11.6. The second-order valence-corrected chi connectivity index (χ2v) is 3.53. The van der Waals surface area contributed by atoms with E-state index >= 15 is 0 Å². The van der Waals surface area contributed by atoms with Crippen LogP contribution in [-0.2, 0) is 11.3 Å². The molecule has 1 aromatic carbocycles. The van der Waals surface area contributed by atoms with E-state index in [0.29, 0.717) is 11.6 Å². The normalized spacial score (nSPS) is 11.8. The molecule has 0 saturated heterocycles. The van der Waals surface area contributed by atoms with Gasteiger partial charge >= 0.3 is 6.36 Å². The lowest BCUT2D eigenvalue weighted by Gasteiger charge is -2.08. The molecule has 1 aromatic rings. The number of hydrogen-bond acceptors (Lipinski definition) is 2. The van der Waals surface area contributed by atoms with E-state index in [-0.39, 0.29) is 6.54 Å². The summed E-state index contributed by atoms with van der Waals surface area (Å²) in [5.74, 6) is 0. The van der Waals surface area contributed by atoms with Crippen LogP contribution in [0.1, 0.15) is 5.56 Å². The van der Waals surface area contributed by atoms with Gasteiger partial charge in [0, 0.05) is 18.1 Å². The molecule has 0 amide bonds. The zero-order valence-corrected chi connectivity index (χ0v) is 9.11. The Hall–Kier alpha value is -0.780. The zero-order valence-electron chi connectivity index (χ0n) is 8.35. The standard InChI is InChI=1S/C10H11ClF3NO/c11-9-3-1-8(2-4-9)7-15-5-6-16-10(12,13)14/h1-4,15H,5-7H2. The first-order chi connectivity index (χ1) is 7.47. The zero-order chi connectivity index (χ0) is 12.0. The predicted molar refractivity (Wildman–Crippen MR) is 55.2 cm³/mol. The van der Waals surface area contributed by atoms with E-state index in [1.807, 2.05) is 0 Å². The van der Waals surface area contributed by atoms with Crippen molar-refractivity contribution in [3.8, 4) is 0 Å². The molecule has 0 spiro atoms. The van der Waals surface area contributed by atoms with Crippen molar-refractivity contribution < 1.29 is 17.9 Å². The minimum Gasteiger partial charge on any atom is -0.310 e. The smallest absolute Gasteiger partial charge is 0.310 e. The summed E-state index contributed by atoms with van der Waals surface area (Å²) >= 11 is 5.68. The van der Waals surface area contributed by atoms with Gasteiger partial charge in [-0.05, 0) is 17.7 Å². The molecular weight excluding hydrogens is 243 g/mol. The van der Waals surface area contributed by atoms with E-state index in [1.54, 1.807) is 24.3 Å². The molecule has 0 fully saturated rings. The van der Waals surface area contributed by atoms with Crippen LogP contribution in [0.4, 0.5) is 13.2 Å². The van der Waals surface area contributed by atoms with E-state index in [0.717, 1.165) is 5.56 Å². The summed E-state index contributed by atoms with van der Waals surface area (Å²) < 4.78 is 38.4. The maximum Gasteiger partial charge on any atom is 0.522 e. The SMILES string of the molecule is FC(F)(F)OCCNCc1ccc(Cl)cc1. The van der Waals surface area contributed by atoms with Gasteiger partial charge in [0.05, 0.1) is 6.61 Å². The second kappa shape index (κ2) is 6.08. The average Bonchev–Trinajstić information content (AvgIpc) is 2.19. The lowest BCUT2D eigenvalue weighted by Crippen LogP contribution is -2.23. The van der Waals surface area contributed by atoms with E-state index < -0.39 is 13.0 Å². The Labute approximate surface area is 96.4 Å². The van der Waals surface area contributed by atoms with Gasteiger partial charge in [0.15, 0.2) is 0 Å². The second-order valence-electron chi connectivity index (χ2n) is 3.10. The van der Waals surface area contributed by atoms with E-state index in [1.165, 1.54) is 0 Å². The minimum atomic E-state index is -4.55. The van der Waals surface area contributed by atoms with Crippen LogP contribution in [-0.4, -0.2) is 19.5 Å². The third-order valence-corrected chi connectivity index (χ3v) is 2.04. The molecule has 6 heteroatoms. The van der Waals surface area contributed by atoms with Crippen molar-refractivity contribution in [3.63, 3.8) is 0 Å². The quantitative estimate of drug-likeness (QED) is 0.815. The lowest BCUT2D eigenvalue weighted by molar-refractivity contribution is -0.323. The van der Waals surface area contributed by atoms with Crippen molar-refractivity contribution in [1.29, 1.82) is 0 Å². The number of rotatable bonds is 5. The molecule has 90 valence electrons. The van der Waals surface area contributed by atoms with Crippen molar-refractivity contribution in [3.05, 3.63) is 34.9 Å². The molecule has 1 N–H and O–H groups in total. The van der Waals surface area contributed by atoms with E-state index in [4.69, 9.17) is 11.6 Å². The Morgan fingerprint density at radius 3 is 2.38 bits per heavy atom. The van der Waals surface area contributed by atoms with Gasteiger partial charge in [0.1, 0.15) is 0 Å². The molecule has 0 aliphatic carbocycles. The monoisotopic (exact) mass is 253 g/mol. The molecule has 1 rings (SSSR count). The number of halogens is 4. The topological polar surface area (TPSA) is 21.3 Å². The third-order valence-electron chi connectivity index (χ3n) is 1.79. The van der Waals surface area contributed by atoms with Crippen LogP contribution in [0.5, 0.6) is 0 Å². The van der Waals surface area contributed by atoms with Gasteiger partial charge in [-0.3, -0.25) is 4.74 Å². The molecule has 0 heterocycles. The molecule has 0 bridgehead atoms. The van der Waals surface area contributed by atoms with Crippen molar-refractivity contribution in [2.45, 2.75) is 12.9 Å². The van der Waals surface area contributed by atoms with E-state index in [2.05, 4.69) is 10.1 Å². The molecule has 2 nitrogen and oxygen atoms in total. The van der Waals surface area contributed by atoms with Crippen molar-refractivity contribution >= 4 is 11.6 Å². The van der Waals surface area contributed by atoms with Crippen LogP contribution in [0.15, 0.2) is 24.3 Å². The first-order valence-electron chi connectivity index (χ1n) is 4.63. The molecule has 0 radical (unpaired) electrons. The number of benzene rings is 1. The summed E-state index contributed by atoms with van der Waals surface area (Å²) in [5.41, 5.74) is 0.955. The predicted octanol–water partition coefficient (Wildman–Crippen LogP) is 2.97. The summed E-state index contributed by atoms with van der Waals surface area (Å²) in [5, 5.41) is 3.45. The van der Waals surface area contributed by atoms with Crippen LogP contribution in [0, 0.1) is 0 Å². The Bertz CT molecular complexity index is 313. The van der Waals surface area contributed by atoms with Crippen LogP contribution in [0.25, 0.3) is 0 Å². The summed E-state index contributed by atoms with van der Waals surface area (Å²) in [6.45, 7) is 0.234. The van der Waals surface area contributed by atoms with Gasteiger partial charge in [-0.1, -0.05) is 23.7 Å². The van der Waals surface area contributed by atoms with Gasteiger partial charge < -0.3 is 5.32 Å². The third kappa shape index (κ3) is 5.95. The average molecular weight is 254 g/mol. The lowest BCUT2D eigenvalue weighted by atomic mass is 10.2. The molecule has 0 saturated carbocycles. The van der Waals surface area contributed by atoms with Crippen LogP contribution in [0.3, 0.4) is 0 Å². The van der Waals surface area contributed by atoms with Gasteiger partial charge in [-0.2, -0.15) is 0 Å². The van der Waals surface area contributed by atoms with Crippen LogP contribution >= 0.6 is 11.6 Å². The fraction of sp³-hybridized carbons (Fsp3) is 0.400. The Morgan fingerprint density at radius 2 is 1.81 bits per heavy atom. The fourth-order valence-corrected chi connectivity index (χ4v) is 1.20. The molecular formula is C10H11ClF3NO. The van der Waals surface area contributed by atoms with Crippen LogP contribution in [0.2, 0.25) is 5.02 Å². The number of alkyl halides is 3. The molecule has 0 unspecified atom stereocenters. The summed E-state index contributed by atoms with van der Waals surface area (Å²) in [7, 11) is 0. The Kier molecular flexibility index (Phi) is 5.05. The van der Waals surface area contributed by atoms with Gasteiger partial charge in [-0.25, -0.2) is 0 Å². The van der Waals surface area contributed by atoms with Gasteiger partial charge in [0.25, 0.3) is 0 Å². The molecule has 0 atom stereocenters. The summed E-state index contributed by atoms with van der Waals surface area (Å²) in [6, 6.07) is 7.06. The summed E-state index contributed by atoms with van der Waals surface area (Å²) in [4.78, 5) is 0. The largest absolute Gasteiger partial charge is 0.522 e. The Morgan fingerprint density at radius 1 is 1.19 bits per heavy atom. The Balaban J connectivity index is 2.14.